The summed E-state index contributed by atoms with van der Waals surface area (Å²) >= 11 is 0. The lowest BCUT2D eigenvalue weighted by molar-refractivity contribution is 0.0897. The van der Waals surface area contributed by atoms with Gasteiger partial charge in [0.25, 0.3) is 5.91 Å². The quantitative estimate of drug-likeness (QED) is 0.810. The zero-order valence-corrected chi connectivity index (χ0v) is 16.6. The van der Waals surface area contributed by atoms with E-state index >= 15 is 0 Å². The fraction of sp³-hybridized carbons (Fsp3) is 0.444. The topological polar surface area (TPSA) is 68.0 Å². The number of carbonyl (C=O) groups excluding carboxylic acids is 1. The summed E-state index contributed by atoms with van der Waals surface area (Å²) in [6.45, 7) is 8.25. The Morgan fingerprint density at radius 1 is 1.32 bits per heavy atom. The van der Waals surface area contributed by atoms with Crippen molar-refractivity contribution in [3.05, 3.63) is 41.3 Å². The van der Waals surface area contributed by atoms with Gasteiger partial charge in [0.15, 0.2) is 0 Å². The number of halogens is 3. The van der Waals surface area contributed by atoms with E-state index in [0.29, 0.717) is 29.2 Å². The first-order valence-electron chi connectivity index (χ1n) is 7.83. The van der Waals surface area contributed by atoms with Crippen molar-refractivity contribution in [1.82, 2.24) is 10.3 Å². The van der Waals surface area contributed by atoms with Gasteiger partial charge in [0.05, 0.1) is 16.8 Å². The molecule has 0 fully saturated rings. The van der Waals surface area contributed by atoms with Crippen molar-refractivity contribution in [1.29, 1.82) is 0 Å². The molecule has 0 spiro atoms. The van der Waals surface area contributed by atoms with Crippen molar-refractivity contribution in [2.75, 3.05) is 6.54 Å². The molecule has 1 amide bonds. The molecule has 25 heavy (non-hydrogen) atoms. The maximum absolute atomic E-state index is 13.3. The van der Waals surface area contributed by atoms with Crippen LogP contribution in [0.5, 0.6) is 0 Å². The maximum Gasteiger partial charge on any atom is 0.253 e. The Labute approximate surface area is 160 Å². The zero-order valence-electron chi connectivity index (χ0n) is 14.9. The van der Waals surface area contributed by atoms with Crippen molar-refractivity contribution >= 4 is 41.6 Å². The van der Waals surface area contributed by atoms with Crippen LogP contribution in [0.1, 0.15) is 43.2 Å². The summed E-state index contributed by atoms with van der Waals surface area (Å²) in [6, 6.07) is 6.11. The van der Waals surface area contributed by atoms with Gasteiger partial charge in [0.2, 0.25) is 0 Å². The highest BCUT2D eigenvalue weighted by molar-refractivity contribution is 5.99. The van der Waals surface area contributed by atoms with Crippen molar-refractivity contribution in [2.45, 2.75) is 39.7 Å². The predicted molar refractivity (Wildman–Crippen MR) is 105 cm³/mol. The molecule has 1 unspecified atom stereocenters. The molecule has 1 heterocycles. The number of hydrogen-bond acceptors (Lipinski definition) is 3. The Morgan fingerprint density at radius 2 is 1.96 bits per heavy atom. The molecule has 1 atom stereocenters. The monoisotopic (exact) mass is 389 g/mol. The maximum atomic E-state index is 13.3. The molecule has 7 heteroatoms. The third-order valence-corrected chi connectivity index (χ3v) is 3.94. The Balaban J connectivity index is 0.00000288. The number of aryl methyl sites for hydroxylation is 1. The normalized spacial score (nSPS) is 12.9. The Morgan fingerprint density at radius 3 is 2.52 bits per heavy atom. The highest BCUT2D eigenvalue weighted by Crippen LogP contribution is 2.20. The first-order chi connectivity index (χ1) is 10.7. The molecular formula is C18H26Cl2FN3O. The van der Waals surface area contributed by atoms with E-state index in [9.17, 15) is 9.18 Å². The number of nitrogens with two attached hydrogens (primary N) is 1. The average Bonchev–Trinajstić information content (AvgIpc) is 2.45. The third-order valence-electron chi connectivity index (χ3n) is 3.94. The third kappa shape index (κ3) is 5.80. The number of pyridine rings is 1. The lowest BCUT2D eigenvalue weighted by Crippen LogP contribution is -2.52. The van der Waals surface area contributed by atoms with Crippen LogP contribution in [0.15, 0.2) is 24.3 Å². The van der Waals surface area contributed by atoms with Gasteiger partial charge in [-0.2, -0.15) is 0 Å². The van der Waals surface area contributed by atoms with Crippen molar-refractivity contribution in [3.8, 4) is 0 Å². The van der Waals surface area contributed by atoms with Crippen LogP contribution in [0, 0.1) is 18.7 Å². The zero-order chi connectivity index (χ0) is 17.2. The largest absolute Gasteiger partial charge is 0.346 e. The van der Waals surface area contributed by atoms with Crippen molar-refractivity contribution in [2.24, 2.45) is 11.7 Å². The van der Waals surface area contributed by atoms with Gasteiger partial charge in [-0.05, 0) is 44.4 Å². The molecule has 1 aromatic heterocycles. The first-order valence-corrected chi connectivity index (χ1v) is 7.83. The van der Waals surface area contributed by atoms with Crippen LogP contribution in [0.3, 0.4) is 0 Å². The minimum Gasteiger partial charge on any atom is -0.346 e. The number of rotatable bonds is 5. The molecule has 4 nitrogen and oxygen atoms in total. The van der Waals surface area contributed by atoms with Crippen molar-refractivity contribution in [3.63, 3.8) is 0 Å². The van der Waals surface area contributed by atoms with Crippen LogP contribution in [-0.2, 0) is 0 Å². The first kappa shape index (κ1) is 23.6. The standard InChI is InChI=1S/C18H24FN3O.2ClH/c1-11(2)9-18(4,10-20)22-17(23)15-7-13-5-6-14(19)8-16(13)21-12(15)3;;/h5-8,11H,9-10,20H2,1-4H3,(H,22,23);2*1H. The summed E-state index contributed by atoms with van der Waals surface area (Å²) < 4.78 is 13.3. The van der Waals surface area contributed by atoms with E-state index in [1.54, 1.807) is 19.1 Å². The number of aromatic nitrogens is 1. The molecule has 0 aliphatic rings. The lowest BCUT2D eigenvalue weighted by Gasteiger charge is -2.31. The molecule has 0 saturated carbocycles. The Kier molecular flexibility index (Phi) is 8.79. The Hall–Kier alpha value is -1.43. The molecule has 2 rings (SSSR count). The number of amides is 1. The molecule has 0 saturated heterocycles. The molecule has 0 aliphatic heterocycles. The fourth-order valence-electron chi connectivity index (χ4n) is 2.89. The minimum atomic E-state index is -0.463. The summed E-state index contributed by atoms with van der Waals surface area (Å²) in [7, 11) is 0. The number of nitrogens with zero attached hydrogens (tertiary/aromatic N) is 1. The van der Waals surface area contributed by atoms with E-state index < -0.39 is 5.54 Å². The molecule has 0 aliphatic carbocycles. The van der Waals surface area contributed by atoms with Crippen LogP contribution in [0.2, 0.25) is 0 Å². The number of nitrogens with one attached hydrogen (secondary N) is 1. The van der Waals surface area contributed by atoms with Gasteiger partial charge in [-0.25, -0.2) is 4.39 Å². The molecular weight excluding hydrogens is 364 g/mol. The van der Waals surface area contributed by atoms with Crippen molar-refractivity contribution < 1.29 is 9.18 Å². The van der Waals surface area contributed by atoms with Gasteiger partial charge in [-0.1, -0.05) is 13.8 Å². The summed E-state index contributed by atoms with van der Waals surface area (Å²) in [5.74, 6) is -0.119. The van der Waals surface area contributed by atoms with Gasteiger partial charge >= 0.3 is 0 Å². The summed E-state index contributed by atoms with van der Waals surface area (Å²) in [5, 5.41) is 3.77. The van der Waals surface area contributed by atoms with Gasteiger partial charge < -0.3 is 11.1 Å². The molecule has 140 valence electrons. The van der Waals surface area contributed by atoms with Gasteiger partial charge in [-0.3, -0.25) is 9.78 Å². The number of fused-ring (bicyclic) bond motifs is 1. The molecule has 2 aromatic rings. The smallest absolute Gasteiger partial charge is 0.253 e. The van der Waals surface area contributed by atoms with E-state index in [2.05, 4.69) is 24.1 Å². The second-order valence-electron chi connectivity index (χ2n) is 6.78. The summed E-state index contributed by atoms with van der Waals surface area (Å²) in [4.78, 5) is 17.0. The molecule has 0 bridgehead atoms. The van der Waals surface area contributed by atoms with Crippen LogP contribution >= 0.6 is 24.8 Å². The Bertz CT molecular complexity index is 740. The number of benzene rings is 1. The number of carbonyl (C=O) groups is 1. The second kappa shape index (κ2) is 9.32. The van der Waals surface area contributed by atoms with Gasteiger partial charge in [-0.15, -0.1) is 24.8 Å². The van der Waals surface area contributed by atoms with Crippen LogP contribution < -0.4 is 11.1 Å². The molecule has 0 radical (unpaired) electrons. The van der Waals surface area contributed by atoms with Crippen LogP contribution in [-0.4, -0.2) is 23.0 Å². The summed E-state index contributed by atoms with van der Waals surface area (Å²) in [6.07, 6.45) is 0.792. The molecule has 1 aromatic carbocycles. The van der Waals surface area contributed by atoms with Crippen LogP contribution in [0.4, 0.5) is 4.39 Å². The highest BCUT2D eigenvalue weighted by atomic mass is 35.5. The van der Waals surface area contributed by atoms with E-state index in [1.807, 2.05) is 6.92 Å². The average molecular weight is 390 g/mol. The minimum absolute atomic E-state index is 0. The van der Waals surface area contributed by atoms with E-state index in [0.717, 1.165) is 11.8 Å². The van der Waals surface area contributed by atoms with Crippen LogP contribution in [0.25, 0.3) is 10.9 Å². The van der Waals surface area contributed by atoms with E-state index in [-0.39, 0.29) is 36.5 Å². The van der Waals surface area contributed by atoms with Gasteiger partial charge in [0, 0.05) is 23.5 Å². The predicted octanol–water partition coefficient (Wildman–Crippen LogP) is 4.02. The van der Waals surface area contributed by atoms with Gasteiger partial charge in [0.1, 0.15) is 5.82 Å². The number of hydrogen-bond donors (Lipinski definition) is 2. The SMILES string of the molecule is Cc1nc2cc(F)ccc2cc1C(=O)NC(C)(CN)CC(C)C.Cl.Cl. The lowest BCUT2D eigenvalue weighted by atomic mass is 9.90. The highest BCUT2D eigenvalue weighted by Gasteiger charge is 2.27. The second-order valence-corrected chi connectivity index (χ2v) is 6.78. The van der Waals surface area contributed by atoms with E-state index in [4.69, 9.17) is 5.73 Å². The summed E-state index contributed by atoms with van der Waals surface area (Å²) in [5.41, 5.74) is 7.00. The fourth-order valence-corrected chi connectivity index (χ4v) is 2.89. The molecule has 3 N–H and O–H groups in total. The van der Waals surface area contributed by atoms with E-state index in [1.165, 1.54) is 12.1 Å².